The maximum atomic E-state index is 11.9. The highest BCUT2D eigenvalue weighted by atomic mass is 16.6. The lowest BCUT2D eigenvalue weighted by Gasteiger charge is -2.32. The van der Waals surface area contributed by atoms with Crippen LogP contribution >= 0.6 is 0 Å². The van der Waals surface area contributed by atoms with Crippen LogP contribution < -0.4 is 11.3 Å². The summed E-state index contributed by atoms with van der Waals surface area (Å²) in [5, 5.41) is 9.00. The van der Waals surface area contributed by atoms with Gasteiger partial charge in [-0.2, -0.15) is 0 Å². The van der Waals surface area contributed by atoms with E-state index in [4.69, 9.17) is 15.7 Å². The number of aliphatic carboxylic acids is 1. The van der Waals surface area contributed by atoms with Crippen molar-refractivity contribution in [1.29, 1.82) is 0 Å². The normalized spacial score (nSPS) is 19.4. The molecule has 0 spiro atoms. The van der Waals surface area contributed by atoms with E-state index in [2.05, 4.69) is 5.43 Å². The quantitative estimate of drug-likeness (QED) is 0.491. The third kappa shape index (κ3) is 3.31. The summed E-state index contributed by atoms with van der Waals surface area (Å²) >= 11 is 0. The molecule has 1 amide bonds. The summed E-state index contributed by atoms with van der Waals surface area (Å²) in [6, 6.07) is 0. The van der Waals surface area contributed by atoms with Crippen molar-refractivity contribution in [2.75, 3.05) is 0 Å². The summed E-state index contributed by atoms with van der Waals surface area (Å²) in [7, 11) is 0. The molecule has 0 radical (unpaired) electrons. The van der Waals surface area contributed by atoms with Gasteiger partial charge in [-0.1, -0.05) is 0 Å². The summed E-state index contributed by atoms with van der Waals surface area (Å²) < 4.78 is 5.16. The van der Waals surface area contributed by atoms with Gasteiger partial charge in [-0.3, -0.25) is 10.7 Å². The van der Waals surface area contributed by atoms with Gasteiger partial charge in [0.1, 0.15) is 11.8 Å². The van der Waals surface area contributed by atoms with E-state index in [0.717, 1.165) is 4.90 Å². The molecule has 0 saturated carbocycles. The number of carboxylic acids is 1. The maximum absolute atomic E-state index is 11.9. The van der Waals surface area contributed by atoms with E-state index in [0.29, 0.717) is 0 Å². The van der Waals surface area contributed by atoms with Crippen molar-refractivity contribution in [3.8, 4) is 0 Å². The van der Waals surface area contributed by atoms with Gasteiger partial charge in [0.15, 0.2) is 0 Å². The summed E-state index contributed by atoms with van der Waals surface area (Å²) in [6.45, 7) is 5.16. The Kier molecular flexibility index (Phi) is 4.10. The molecular formula is C11H17N3O4. The van der Waals surface area contributed by atoms with Crippen molar-refractivity contribution in [1.82, 2.24) is 10.3 Å². The van der Waals surface area contributed by atoms with Crippen LogP contribution in [-0.2, 0) is 9.53 Å². The summed E-state index contributed by atoms with van der Waals surface area (Å²) in [5.74, 6) is 4.13. The lowest BCUT2D eigenvalue weighted by molar-refractivity contribution is -0.133. The van der Waals surface area contributed by atoms with Gasteiger partial charge in [0, 0.05) is 6.20 Å². The molecule has 0 fully saturated rings. The fourth-order valence-corrected chi connectivity index (χ4v) is 1.41. The Morgan fingerprint density at radius 1 is 1.50 bits per heavy atom. The molecule has 0 bridgehead atoms. The number of nitrogens with zero attached hydrogens (tertiary/aromatic N) is 1. The van der Waals surface area contributed by atoms with Crippen molar-refractivity contribution < 1.29 is 19.4 Å². The first-order valence-corrected chi connectivity index (χ1v) is 5.35. The van der Waals surface area contributed by atoms with Gasteiger partial charge in [-0.05, 0) is 32.9 Å². The summed E-state index contributed by atoms with van der Waals surface area (Å²) in [5.41, 5.74) is 1.57. The Bertz CT molecular complexity index is 409. The Morgan fingerprint density at radius 3 is 2.56 bits per heavy atom. The topological polar surface area (TPSA) is 105 Å². The molecule has 7 heteroatoms. The largest absolute Gasteiger partial charge is 0.478 e. The van der Waals surface area contributed by atoms with Crippen molar-refractivity contribution in [2.24, 2.45) is 5.84 Å². The third-order valence-electron chi connectivity index (χ3n) is 2.10. The van der Waals surface area contributed by atoms with Gasteiger partial charge in [0.2, 0.25) is 0 Å². The van der Waals surface area contributed by atoms with Gasteiger partial charge < -0.3 is 9.84 Å². The van der Waals surface area contributed by atoms with Crippen molar-refractivity contribution in [3.05, 3.63) is 23.9 Å². The monoisotopic (exact) mass is 255 g/mol. The molecular weight excluding hydrogens is 238 g/mol. The van der Waals surface area contributed by atoms with Crippen LogP contribution in [0, 0.1) is 0 Å². The molecule has 0 aliphatic carbocycles. The predicted molar refractivity (Wildman–Crippen MR) is 64.0 cm³/mol. The van der Waals surface area contributed by atoms with E-state index in [1.54, 1.807) is 20.8 Å². The molecule has 1 aliphatic rings. The number of rotatable bonds is 2. The van der Waals surface area contributed by atoms with Crippen LogP contribution in [0.3, 0.4) is 0 Å². The zero-order valence-corrected chi connectivity index (χ0v) is 10.5. The molecule has 1 atom stereocenters. The van der Waals surface area contributed by atoms with Crippen LogP contribution in [-0.4, -0.2) is 33.8 Å². The number of amides is 1. The molecule has 1 heterocycles. The van der Waals surface area contributed by atoms with Crippen LogP contribution in [0.4, 0.5) is 4.79 Å². The number of hydrogen-bond donors (Lipinski definition) is 3. The van der Waals surface area contributed by atoms with E-state index in [1.807, 2.05) is 0 Å². The lowest BCUT2D eigenvalue weighted by Crippen LogP contribution is -2.53. The second-order valence-electron chi connectivity index (χ2n) is 4.73. The molecule has 100 valence electrons. The number of carbonyl (C=O) groups is 2. The van der Waals surface area contributed by atoms with Crippen molar-refractivity contribution >= 4 is 12.1 Å². The second kappa shape index (κ2) is 5.19. The minimum absolute atomic E-state index is 0.0362. The van der Waals surface area contributed by atoms with Crippen LogP contribution in [0.1, 0.15) is 20.8 Å². The van der Waals surface area contributed by atoms with Gasteiger partial charge in [0.05, 0.1) is 5.57 Å². The first kappa shape index (κ1) is 14.2. The average Bonchev–Trinajstić information content (AvgIpc) is 2.25. The zero-order chi connectivity index (χ0) is 13.9. The number of hydrogen-bond acceptors (Lipinski definition) is 5. The van der Waals surface area contributed by atoms with Gasteiger partial charge >= 0.3 is 12.1 Å². The van der Waals surface area contributed by atoms with E-state index >= 15 is 0 Å². The van der Waals surface area contributed by atoms with Gasteiger partial charge in [-0.15, -0.1) is 0 Å². The highest BCUT2D eigenvalue weighted by Gasteiger charge is 2.32. The van der Waals surface area contributed by atoms with E-state index < -0.39 is 23.8 Å². The zero-order valence-electron chi connectivity index (χ0n) is 10.5. The molecule has 1 rings (SSSR count). The van der Waals surface area contributed by atoms with Crippen LogP contribution in [0.25, 0.3) is 0 Å². The SMILES string of the molecule is CC(C)(C)OC(=O)N1C=CC=C(C(=O)O)C1NN. The highest BCUT2D eigenvalue weighted by Crippen LogP contribution is 2.18. The Balaban J connectivity index is 2.91. The van der Waals surface area contributed by atoms with Crippen LogP contribution in [0.2, 0.25) is 0 Å². The summed E-state index contributed by atoms with van der Waals surface area (Å²) in [4.78, 5) is 24.0. The molecule has 0 saturated heterocycles. The fraction of sp³-hybridized carbons (Fsp3) is 0.455. The summed E-state index contributed by atoms with van der Waals surface area (Å²) in [6.07, 6.45) is 2.59. The number of carbonyl (C=O) groups excluding carboxylic acids is 1. The van der Waals surface area contributed by atoms with Crippen molar-refractivity contribution in [2.45, 2.75) is 32.5 Å². The maximum Gasteiger partial charge on any atom is 0.415 e. The molecule has 1 aliphatic heterocycles. The number of allylic oxidation sites excluding steroid dienone is 2. The molecule has 4 N–H and O–H groups in total. The molecule has 0 aromatic carbocycles. The number of nitrogens with one attached hydrogen (secondary N) is 1. The first-order valence-electron chi connectivity index (χ1n) is 5.35. The van der Waals surface area contributed by atoms with Crippen molar-refractivity contribution in [3.63, 3.8) is 0 Å². The Morgan fingerprint density at radius 2 is 2.11 bits per heavy atom. The molecule has 1 unspecified atom stereocenters. The minimum atomic E-state index is -1.16. The number of hydrazine groups is 1. The van der Waals surface area contributed by atoms with E-state index in [-0.39, 0.29) is 5.57 Å². The molecule has 0 aromatic rings. The average molecular weight is 255 g/mol. The predicted octanol–water partition coefficient (Wildman–Crippen LogP) is 0.551. The Hall–Kier alpha value is -1.86. The Labute approximate surface area is 105 Å². The lowest BCUT2D eigenvalue weighted by atomic mass is 10.1. The first-order chi connectivity index (χ1) is 8.26. The highest BCUT2D eigenvalue weighted by molar-refractivity contribution is 5.90. The van der Waals surface area contributed by atoms with E-state index in [1.165, 1.54) is 18.4 Å². The number of ether oxygens (including phenoxy) is 1. The molecule has 18 heavy (non-hydrogen) atoms. The third-order valence-corrected chi connectivity index (χ3v) is 2.10. The van der Waals surface area contributed by atoms with Gasteiger partial charge in [0.25, 0.3) is 0 Å². The van der Waals surface area contributed by atoms with Crippen LogP contribution in [0.15, 0.2) is 23.9 Å². The molecule has 7 nitrogen and oxygen atoms in total. The minimum Gasteiger partial charge on any atom is -0.478 e. The number of nitrogens with two attached hydrogens (primary N) is 1. The van der Waals surface area contributed by atoms with E-state index in [9.17, 15) is 9.59 Å². The molecule has 0 aromatic heterocycles. The van der Waals surface area contributed by atoms with Crippen LogP contribution in [0.5, 0.6) is 0 Å². The standard InChI is InChI=1S/C11H17N3O4/c1-11(2,3)18-10(17)14-6-4-5-7(9(15)16)8(14)13-12/h4-6,8,13H,12H2,1-3H3,(H,15,16). The van der Waals surface area contributed by atoms with Gasteiger partial charge in [-0.25, -0.2) is 15.0 Å². The smallest absolute Gasteiger partial charge is 0.415 e. The number of carboxylic acid groups (broad SMARTS) is 1. The second-order valence-corrected chi connectivity index (χ2v) is 4.73. The fourth-order valence-electron chi connectivity index (χ4n) is 1.41.